The van der Waals surface area contributed by atoms with Crippen molar-refractivity contribution < 1.29 is 39.9 Å². The minimum Gasteiger partial charge on any atom is -0.364 e. The molecule has 1 amide bonds. The number of hydrogen-bond donors (Lipinski definition) is 2. The highest BCUT2D eigenvalue weighted by molar-refractivity contribution is 5.92. The average Bonchev–Trinajstić information content (AvgIpc) is 2.58. The number of halogens is 8. The van der Waals surface area contributed by atoms with Gasteiger partial charge in [-0.1, -0.05) is 0 Å². The number of H-pyrrole nitrogens is 1. The maximum atomic E-state index is 12.9. The molecule has 0 unspecified atom stereocenters. The van der Waals surface area contributed by atoms with Gasteiger partial charge in [0.1, 0.15) is 11.3 Å². The fraction of sp³-hybridized carbons (Fsp3) is 0.429. The third kappa shape index (κ3) is 2.46. The van der Waals surface area contributed by atoms with Crippen LogP contribution in [0.1, 0.15) is 21.7 Å². The zero-order valence-electron chi connectivity index (χ0n) is 8.46. The summed E-state index contributed by atoms with van der Waals surface area (Å²) in [5.41, 5.74) is -2.44. The summed E-state index contributed by atoms with van der Waals surface area (Å²) in [6, 6.07) is 0. The number of carbonyl (C=O) groups excluding carboxylic acids is 1. The molecular formula is C7H3F8N3O. The van der Waals surface area contributed by atoms with Gasteiger partial charge in [0.25, 0.3) is 5.91 Å². The van der Waals surface area contributed by atoms with Crippen molar-refractivity contribution in [3.8, 4) is 0 Å². The lowest BCUT2D eigenvalue weighted by Crippen LogP contribution is -2.36. The maximum absolute atomic E-state index is 12.9. The Hall–Kier alpha value is -1.88. The van der Waals surface area contributed by atoms with Gasteiger partial charge in [-0.3, -0.25) is 9.89 Å². The first-order valence-corrected chi connectivity index (χ1v) is 4.20. The summed E-state index contributed by atoms with van der Waals surface area (Å²) in [5.74, 6) is -7.76. The van der Waals surface area contributed by atoms with Crippen molar-refractivity contribution in [1.29, 1.82) is 0 Å². The normalized spacial score (nSPS) is 13.7. The molecule has 0 bridgehead atoms. The van der Waals surface area contributed by atoms with E-state index in [1.807, 2.05) is 0 Å². The second-order valence-corrected chi connectivity index (χ2v) is 3.26. The van der Waals surface area contributed by atoms with E-state index in [1.165, 1.54) is 0 Å². The van der Waals surface area contributed by atoms with Gasteiger partial charge >= 0.3 is 18.3 Å². The van der Waals surface area contributed by atoms with E-state index >= 15 is 0 Å². The molecule has 0 radical (unpaired) electrons. The highest BCUT2D eigenvalue weighted by Gasteiger charge is 2.63. The number of nitrogens with one attached hydrogen (secondary N) is 1. The van der Waals surface area contributed by atoms with Crippen LogP contribution in [0.25, 0.3) is 0 Å². The summed E-state index contributed by atoms with van der Waals surface area (Å²) in [6.45, 7) is 0. The number of nitrogens with zero attached hydrogens (tertiary/aromatic N) is 1. The van der Waals surface area contributed by atoms with E-state index in [1.54, 1.807) is 0 Å². The lowest BCUT2D eigenvalue weighted by Gasteiger charge is -2.20. The lowest BCUT2D eigenvalue weighted by molar-refractivity contribution is -0.292. The van der Waals surface area contributed by atoms with Crippen LogP contribution in [0.5, 0.6) is 0 Å². The van der Waals surface area contributed by atoms with Crippen LogP contribution in [0.4, 0.5) is 35.1 Å². The first-order valence-electron chi connectivity index (χ1n) is 4.20. The fourth-order valence-electron chi connectivity index (χ4n) is 1.17. The molecule has 1 rings (SSSR count). The van der Waals surface area contributed by atoms with E-state index < -0.39 is 41.1 Å². The van der Waals surface area contributed by atoms with Crippen molar-refractivity contribution in [2.75, 3.05) is 0 Å². The molecule has 19 heavy (non-hydrogen) atoms. The molecule has 0 spiro atoms. The first kappa shape index (κ1) is 15.2. The van der Waals surface area contributed by atoms with Gasteiger partial charge in [-0.15, -0.1) is 0 Å². The van der Waals surface area contributed by atoms with Gasteiger partial charge < -0.3 is 5.73 Å². The highest BCUT2D eigenvalue weighted by Crippen LogP contribution is 2.47. The zero-order valence-corrected chi connectivity index (χ0v) is 8.46. The second-order valence-electron chi connectivity index (χ2n) is 3.26. The number of alkyl halides is 8. The van der Waals surface area contributed by atoms with Crippen LogP contribution in [0.2, 0.25) is 0 Å². The van der Waals surface area contributed by atoms with Gasteiger partial charge in [0.2, 0.25) is 0 Å². The van der Waals surface area contributed by atoms with E-state index in [9.17, 15) is 39.9 Å². The highest BCUT2D eigenvalue weighted by atomic mass is 19.4. The predicted octanol–water partition coefficient (Wildman–Crippen LogP) is 2.18. The summed E-state index contributed by atoms with van der Waals surface area (Å²) >= 11 is 0. The minimum atomic E-state index is -6.30. The average molecular weight is 297 g/mol. The summed E-state index contributed by atoms with van der Waals surface area (Å²) in [4.78, 5) is 10.6. The summed E-state index contributed by atoms with van der Waals surface area (Å²) in [5, 5.41) is 3.33. The summed E-state index contributed by atoms with van der Waals surface area (Å²) in [7, 11) is 0. The third-order valence-electron chi connectivity index (χ3n) is 1.95. The van der Waals surface area contributed by atoms with Crippen LogP contribution in [0, 0.1) is 0 Å². The third-order valence-corrected chi connectivity index (χ3v) is 1.95. The number of amides is 1. The summed E-state index contributed by atoms with van der Waals surface area (Å²) < 4.78 is 99.2. The Bertz CT molecular complexity index is 499. The Morgan fingerprint density at radius 2 is 1.53 bits per heavy atom. The largest absolute Gasteiger partial charge is 0.459 e. The lowest BCUT2D eigenvalue weighted by atomic mass is 10.1. The SMILES string of the molecule is NC(=O)c1n[nH]c(C(F)(F)C(F)(F)F)c1C(F)(F)F. The molecule has 108 valence electrons. The number of hydrogen-bond acceptors (Lipinski definition) is 2. The molecule has 12 heteroatoms. The predicted molar refractivity (Wildman–Crippen MR) is 42.1 cm³/mol. The number of nitrogens with two attached hydrogens (primary N) is 1. The standard InChI is InChI=1S/C7H3F8N3O/c8-5(9,7(13,14)15)3-1(6(10,11)12)2(4(16)19)17-18-3/h(H2,16,19)(H,17,18). The monoisotopic (exact) mass is 297 g/mol. The van der Waals surface area contributed by atoms with Gasteiger partial charge in [-0.2, -0.15) is 40.2 Å². The summed E-state index contributed by atoms with van der Waals surface area (Å²) in [6.07, 6.45) is -12.0. The van der Waals surface area contributed by atoms with E-state index in [-0.39, 0.29) is 0 Å². The second kappa shape index (κ2) is 4.06. The van der Waals surface area contributed by atoms with Gasteiger partial charge in [-0.25, -0.2) is 0 Å². The quantitative estimate of drug-likeness (QED) is 0.821. The molecule has 0 aliphatic carbocycles. The van der Waals surface area contributed by atoms with Crippen LogP contribution >= 0.6 is 0 Å². The molecule has 0 fully saturated rings. The Morgan fingerprint density at radius 3 is 1.84 bits per heavy atom. The van der Waals surface area contributed by atoms with Crippen molar-refractivity contribution in [3.05, 3.63) is 17.0 Å². The van der Waals surface area contributed by atoms with Crippen molar-refractivity contribution in [1.82, 2.24) is 10.2 Å². The molecule has 1 heterocycles. The number of rotatable bonds is 2. The molecule has 0 saturated heterocycles. The molecule has 3 N–H and O–H groups in total. The Balaban J connectivity index is 3.60. The fourth-order valence-corrected chi connectivity index (χ4v) is 1.17. The first-order chi connectivity index (χ1) is 8.30. The Morgan fingerprint density at radius 1 is 1.05 bits per heavy atom. The van der Waals surface area contributed by atoms with Crippen molar-refractivity contribution in [3.63, 3.8) is 0 Å². The Kier molecular flexibility index (Phi) is 3.25. The van der Waals surface area contributed by atoms with Crippen molar-refractivity contribution in [2.24, 2.45) is 5.73 Å². The topological polar surface area (TPSA) is 71.8 Å². The molecule has 1 aromatic heterocycles. The van der Waals surface area contributed by atoms with Gasteiger partial charge in [0.05, 0.1) is 0 Å². The maximum Gasteiger partial charge on any atom is 0.459 e. The number of carbonyl (C=O) groups is 1. The van der Waals surface area contributed by atoms with E-state index in [0.29, 0.717) is 0 Å². The van der Waals surface area contributed by atoms with Crippen LogP contribution in [-0.2, 0) is 12.1 Å². The molecule has 0 saturated carbocycles. The minimum absolute atomic E-state index is 0.868. The zero-order chi connectivity index (χ0) is 15.2. The molecule has 1 aromatic rings. The molecular weight excluding hydrogens is 294 g/mol. The van der Waals surface area contributed by atoms with Gasteiger partial charge in [-0.05, 0) is 0 Å². The smallest absolute Gasteiger partial charge is 0.364 e. The number of aromatic amines is 1. The van der Waals surface area contributed by atoms with E-state index in [2.05, 4.69) is 10.8 Å². The van der Waals surface area contributed by atoms with Gasteiger partial charge in [0.15, 0.2) is 5.69 Å². The van der Waals surface area contributed by atoms with Crippen LogP contribution in [0.15, 0.2) is 0 Å². The number of aromatic nitrogens is 2. The van der Waals surface area contributed by atoms with Crippen LogP contribution in [-0.4, -0.2) is 22.3 Å². The van der Waals surface area contributed by atoms with Gasteiger partial charge in [0, 0.05) is 0 Å². The molecule has 0 atom stereocenters. The molecule has 0 aliphatic rings. The van der Waals surface area contributed by atoms with Crippen LogP contribution < -0.4 is 5.73 Å². The van der Waals surface area contributed by atoms with E-state index in [0.717, 1.165) is 5.10 Å². The molecule has 0 aromatic carbocycles. The van der Waals surface area contributed by atoms with Crippen molar-refractivity contribution in [2.45, 2.75) is 18.3 Å². The van der Waals surface area contributed by atoms with E-state index in [4.69, 9.17) is 0 Å². The number of primary amides is 1. The molecule has 0 aliphatic heterocycles. The van der Waals surface area contributed by atoms with Crippen LogP contribution in [0.3, 0.4) is 0 Å². The van der Waals surface area contributed by atoms with Crippen molar-refractivity contribution >= 4 is 5.91 Å². The molecule has 4 nitrogen and oxygen atoms in total. The Labute approximate surface area is 98.1 Å².